The molecule has 0 spiro atoms. The second kappa shape index (κ2) is 4.23. The number of hydrogen-bond donors (Lipinski definition) is 2. The van der Waals surface area contributed by atoms with Crippen LogP contribution in [0.5, 0.6) is 0 Å². The monoisotopic (exact) mass is 184 g/mol. The number of carbonyl (C=O) groups is 1. The van der Waals surface area contributed by atoms with Gasteiger partial charge in [0.25, 0.3) is 0 Å². The van der Waals surface area contributed by atoms with Crippen molar-refractivity contribution >= 4 is 17.2 Å². The third-order valence-electron chi connectivity index (χ3n) is 1.71. The fourth-order valence-corrected chi connectivity index (χ4v) is 1.76. The highest BCUT2D eigenvalue weighted by Gasteiger charge is 2.13. The number of thiophene rings is 1. The lowest BCUT2D eigenvalue weighted by molar-refractivity contribution is -0.121. The van der Waals surface area contributed by atoms with Crippen molar-refractivity contribution in [1.29, 1.82) is 0 Å². The second-order valence-corrected chi connectivity index (χ2v) is 3.65. The molecule has 0 saturated carbocycles. The summed E-state index contributed by atoms with van der Waals surface area (Å²) in [5.74, 6) is -0.533. The average molecular weight is 184 g/mol. The van der Waals surface area contributed by atoms with Crippen molar-refractivity contribution in [3.05, 3.63) is 22.4 Å². The van der Waals surface area contributed by atoms with Gasteiger partial charge >= 0.3 is 0 Å². The van der Waals surface area contributed by atoms with Crippen LogP contribution >= 0.6 is 11.3 Å². The molecule has 0 saturated heterocycles. The summed E-state index contributed by atoms with van der Waals surface area (Å²) in [5, 5.41) is 1.98. The SMILES string of the molecule is NCC(Cc1cccs1)C(N)=O. The van der Waals surface area contributed by atoms with Crippen molar-refractivity contribution in [3.63, 3.8) is 0 Å². The van der Waals surface area contributed by atoms with E-state index in [0.717, 1.165) is 4.88 Å². The van der Waals surface area contributed by atoms with Crippen LogP contribution in [0.25, 0.3) is 0 Å². The largest absolute Gasteiger partial charge is 0.369 e. The summed E-state index contributed by atoms with van der Waals surface area (Å²) in [6, 6.07) is 3.94. The lowest BCUT2D eigenvalue weighted by atomic mass is 10.0. The molecular formula is C8H12N2OS. The van der Waals surface area contributed by atoms with Gasteiger partial charge in [0.1, 0.15) is 0 Å². The molecule has 1 atom stereocenters. The molecule has 0 fully saturated rings. The smallest absolute Gasteiger partial charge is 0.222 e. The molecule has 1 aromatic heterocycles. The van der Waals surface area contributed by atoms with Crippen molar-refractivity contribution in [2.75, 3.05) is 6.54 Å². The molecule has 1 heterocycles. The molecule has 66 valence electrons. The molecular weight excluding hydrogens is 172 g/mol. The van der Waals surface area contributed by atoms with Gasteiger partial charge in [0.15, 0.2) is 0 Å². The average Bonchev–Trinajstić information content (AvgIpc) is 2.51. The topological polar surface area (TPSA) is 69.1 Å². The maximum Gasteiger partial charge on any atom is 0.222 e. The molecule has 0 bridgehead atoms. The fraction of sp³-hybridized carbons (Fsp3) is 0.375. The first-order valence-corrected chi connectivity index (χ1v) is 4.63. The van der Waals surface area contributed by atoms with Crippen molar-refractivity contribution in [3.8, 4) is 0 Å². The summed E-state index contributed by atoms with van der Waals surface area (Å²) in [5.41, 5.74) is 10.5. The first-order chi connectivity index (χ1) is 5.74. The van der Waals surface area contributed by atoms with Crippen LogP contribution in [0.3, 0.4) is 0 Å². The Balaban J connectivity index is 2.54. The number of primary amides is 1. The van der Waals surface area contributed by atoms with Crippen molar-refractivity contribution in [2.45, 2.75) is 6.42 Å². The summed E-state index contributed by atoms with van der Waals surface area (Å²) in [4.78, 5) is 12.0. The van der Waals surface area contributed by atoms with Gasteiger partial charge in [0.2, 0.25) is 5.91 Å². The molecule has 0 aromatic carbocycles. The molecule has 4 N–H and O–H groups in total. The van der Waals surface area contributed by atoms with Gasteiger partial charge in [-0.05, 0) is 17.9 Å². The Hall–Kier alpha value is -0.870. The van der Waals surface area contributed by atoms with E-state index in [1.54, 1.807) is 11.3 Å². The summed E-state index contributed by atoms with van der Waals surface area (Å²) in [6.07, 6.45) is 0.670. The summed E-state index contributed by atoms with van der Waals surface area (Å²) in [7, 11) is 0. The first kappa shape index (κ1) is 9.22. The minimum absolute atomic E-state index is 0.219. The molecule has 0 aliphatic rings. The zero-order valence-electron chi connectivity index (χ0n) is 6.69. The summed E-state index contributed by atoms with van der Waals surface area (Å²) < 4.78 is 0. The van der Waals surface area contributed by atoms with Crippen LogP contribution in [0.15, 0.2) is 17.5 Å². The van der Waals surface area contributed by atoms with E-state index in [0.29, 0.717) is 13.0 Å². The van der Waals surface area contributed by atoms with Crippen LogP contribution in [-0.2, 0) is 11.2 Å². The van der Waals surface area contributed by atoms with Crippen LogP contribution in [0, 0.1) is 5.92 Å². The van der Waals surface area contributed by atoms with Crippen molar-refractivity contribution in [2.24, 2.45) is 17.4 Å². The van der Waals surface area contributed by atoms with Gasteiger partial charge in [-0.2, -0.15) is 0 Å². The van der Waals surface area contributed by atoms with Gasteiger partial charge in [0.05, 0.1) is 5.92 Å². The maximum absolute atomic E-state index is 10.8. The predicted octanol–water partition coefficient (Wildman–Crippen LogP) is 0.351. The summed E-state index contributed by atoms with van der Waals surface area (Å²) >= 11 is 1.62. The Kier molecular flexibility index (Phi) is 3.25. The lowest BCUT2D eigenvalue weighted by Crippen LogP contribution is -2.31. The molecule has 0 aliphatic heterocycles. The fourth-order valence-electron chi connectivity index (χ4n) is 0.972. The molecule has 4 heteroatoms. The second-order valence-electron chi connectivity index (χ2n) is 2.62. The zero-order valence-corrected chi connectivity index (χ0v) is 7.51. The van der Waals surface area contributed by atoms with Gasteiger partial charge in [-0.1, -0.05) is 6.07 Å². The quantitative estimate of drug-likeness (QED) is 0.709. The maximum atomic E-state index is 10.8. The molecule has 1 unspecified atom stereocenters. The lowest BCUT2D eigenvalue weighted by Gasteiger charge is -2.07. The molecule has 1 rings (SSSR count). The number of rotatable bonds is 4. The van der Waals surface area contributed by atoms with E-state index in [1.165, 1.54) is 0 Å². The van der Waals surface area contributed by atoms with E-state index in [4.69, 9.17) is 11.5 Å². The third kappa shape index (κ3) is 2.32. The number of carbonyl (C=O) groups excluding carboxylic acids is 1. The van der Waals surface area contributed by atoms with E-state index in [1.807, 2.05) is 17.5 Å². The van der Waals surface area contributed by atoms with Crippen LogP contribution in [0.1, 0.15) is 4.88 Å². The van der Waals surface area contributed by atoms with Gasteiger partial charge in [-0.3, -0.25) is 4.79 Å². The zero-order chi connectivity index (χ0) is 8.97. The van der Waals surface area contributed by atoms with Gasteiger partial charge in [0, 0.05) is 11.4 Å². The molecule has 1 aromatic rings. The first-order valence-electron chi connectivity index (χ1n) is 3.75. The highest BCUT2D eigenvalue weighted by molar-refractivity contribution is 7.09. The Morgan fingerprint density at radius 3 is 2.83 bits per heavy atom. The van der Waals surface area contributed by atoms with E-state index >= 15 is 0 Å². The van der Waals surface area contributed by atoms with Crippen molar-refractivity contribution in [1.82, 2.24) is 0 Å². The molecule has 3 nitrogen and oxygen atoms in total. The predicted molar refractivity (Wildman–Crippen MR) is 49.8 cm³/mol. The molecule has 0 aliphatic carbocycles. The molecule has 12 heavy (non-hydrogen) atoms. The number of hydrogen-bond acceptors (Lipinski definition) is 3. The minimum Gasteiger partial charge on any atom is -0.369 e. The van der Waals surface area contributed by atoms with E-state index in [-0.39, 0.29) is 11.8 Å². The van der Waals surface area contributed by atoms with Crippen LogP contribution < -0.4 is 11.5 Å². The molecule has 0 radical (unpaired) electrons. The Morgan fingerprint density at radius 2 is 2.42 bits per heavy atom. The van der Waals surface area contributed by atoms with Gasteiger partial charge < -0.3 is 11.5 Å². The third-order valence-corrected chi connectivity index (χ3v) is 2.61. The number of nitrogens with two attached hydrogens (primary N) is 2. The molecule has 1 amide bonds. The van der Waals surface area contributed by atoms with Crippen LogP contribution in [-0.4, -0.2) is 12.5 Å². The highest BCUT2D eigenvalue weighted by atomic mass is 32.1. The summed E-state index contributed by atoms with van der Waals surface area (Å²) in [6.45, 7) is 0.327. The Labute approximate surface area is 75.4 Å². The van der Waals surface area contributed by atoms with Crippen LogP contribution in [0.2, 0.25) is 0 Å². The minimum atomic E-state index is -0.314. The highest BCUT2D eigenvalue weighted by Crippen LogP contribution is 2.13. The number of amides is 1. The van der Waals surface area contributed by atoms with Crippen LogP contribution in [0.4, 0.5) is 0 Å². The van der Waals surface area contributed by atoms with Gasteiger partial charge in [-0.15, -0.1) is 11.3 Å². The van der Waals surface area contributed by atoms with Crippen molar-refractivity contribution < 1.29 is 4.79 Å². The Bertz CT molecular complexity index is 246. The van der Waals surface area contributed by atoms with E-state index in [9.17, 15) is 4.79 Å². The van der Waals surface area contributed by atoms with E-state index in [2.05, 4.69) is 0 Å². The van der Waals surface area contributed by atoms with E-state index < -0.39 is 0 Å². The normalized spacial score (nSPS) is 12.8. The Morgan fingerprint density at radius 1 is 1.67 bits per heavy atom. The van der Waals surface area contributed by atoms with Gasteiger partial charge in [-0.25, -0.2) is 0 Å². The standard InChI is InChI=1S/C8H12N2OS/c9-5-6(8(10)11)4-7-2-1-3-12-7/h1-3,6H,4-5,9H2,(H2,10,11).